The number of carbonyl (C=O) groups is 1. The number of aromatic nitrogens is 3. The number of nitrogens with zero attached hydrogens (tertiary/aromatic N) is 3. The zero-order valence-corrected chi connectivity index (χ0v) is 10.7. The molecule has 0 unspecified atom stereocenters. The summed E-state index contributed by atoms with van der Waals surface area (Å²) in [6.45, 7) is 0. The van der Waals surface area contributed by atoms with Crippen LogP contribution in [0.5, 0.6) is 5.75 Å². The van der Waals surface area contributed by atoms with Gasteiger partial charge in [0.2, 0.25) is 0 Å². The third kappa shape index (κ3) is 2.18. The van der Waals surface area contributed by atoms with E-state index >= 15 is 0 Å². The maximum atomic E-state index is 11.9. The molecule has 0 spiro atoms. The summed E-state index contributed by atoms with van der Waals surface area (Å²) in [6, 6.07) is 6.17. The number of carbonyl (C=O) groups excluding carboxylic acids is 1. The first kappa shape index (κ1) is 13.5. The number of benzene rings is 1. The molecular weight excluding hydrogens is 266 g/mol. The van der Waals surface area contributed by atoms with Crippen molar-refractivity contribution in [2.75, 3.05) is 7.11 Å². The number of hydrogen-bond donors (Lipinski definition) is 0. The third-order valence-electron chi connectivity index (χ3n) is 2.69. The zero-order chi connectivity index (χ0) is 14.9. The predicted octanol–water partition coefficient (Wildman–Crippen LogP) is -1.70. The van der Waals surface area contributed by atoms with Crippen LogP contribution in [-0.4, -0.2) is 27.4 Å². The summed E-state index contributed by atoms with van der Waals surface area (Å²) in [5.41, 5.74) is -2.30. The molecule has 0 aliphatic carbocycles. The van der Waals surface area contributed by atoms with Crippen LogP contribution in [0.1, 0.15) is 10.5 Å². The Labute approximate surface area is 112 Å². The minimum absolute atomic E-state index is 0.300. The molecule has 1 aromatic heterocycles. The van der Waals surface area contributed by atoms with E-state index in [0.29, 0.717) is 16.0 Å². The van der Waals surface area contributed by atoms with Gasteiger partial charge in [0.15, 0.2) is 5.69 Å². The van der Waals surface area contributed by atoms with E-state index in [1.165, 1.54) is 26.3 Å². The molecular formula is C12H10N3O5-. The van der Waals surface area contributed by atoms with Crippen LogP contribution in [0.25, 0.3) is 5.69 Å². The molecule has 0 aliphatic heterocycles. The topological polar surface area (TPSA) is 106 Å². The lowest BCUT2D eigenvalue weighted by molar-refractivity contribution is -0.255. The molecule has 8 heteroatoms. The monoisotopic (exact) mass is 276 g/mol. The Bertz CT molecular complexity index is 773. The molecule has 0 atom stereocenters. The Hall–Kier alpha value is -2.90. The number of ether oxygens (including phenoxy) is 1. The van der Waals surface area contributed by atoms with E-state index in [1.54, 1.807) is 12.1 Å². The first-order valence-corrected chi connectivity index (χ1v) is 5.52. The highest BCUT2D eigenvalue weighted by molar-refractivity contribution is 5.82. The van der Waals surface area contributed by atoms with Crippen LogP contribution in [-0.2, 0) is 7.05 Å². The molecule has 0 saturated heterocycles. The van der Waals surface area contributed by atoms with Crippen LogP contribution in [0.3, 0.4) is 0 Å². The molecule has 1 aromatic carbocycles. The van der Waals surface area contributed by atoms with Crippen molar-refractivity contribution in [1.82, 2.24) is 14.3 Å². The highest BCUT2D eigenvalue weighted by Crippen LogP contribution is 2.12. The van der Waals surface area contributed by atoms with Gasteiger partial charge < -0.3 is 14.6 Å². The fraction of sp³-hybridized carbons (Fsp3) is 0.167. The Morgan fingerprint density at radius 3 is 2.35 bits per heavy atom. The van der Waals surface area contributed by atoms with Crippen molar-refractivity contribution in [1.29, 1.82) is 0 Å². The smallest absolute Gasteiger partial charge is 0.351 e. The fourth-order valence-electron chi connectivity index (χ4n) is 1.59. The molecule has 2 aromatic rings. The molecule has 0 bridgehead atoms. The van der Waals surface area contributed by atoms with Gasteiger partial charge in [-0.25, -0.2) is 4.79 Å². The highest BCUT2D eigenvalue weighted by Gasteiger charge is 2.12. The molecule has 104 valence electrons. The van der Waals surface area contributed by atoms with E-state index in [0.717, 1.165) is 4.68 Å². The van der Waals surface area contributed by atoms with Crippen molar-refractivity contribution in [2.24, 2.45) is 7.05 Å². The minimum Gasteiger partial charge on any atom is -0.543 e. The van der Waals surface area contributed by atoms with Gasteiger partial charge in [-0.3, -0.25) is 9.36 Å². The molecule has 20 heavy (non-hydrogen) atoms. The number of methoxy groups -OCH3 is 1. The predicted molar refractivity (Wildman–Crippen MR) is 66.0 cm³/mol. The Morgan fingerprint density at radius 1 is 1.25 bits per heavy atom. The van der Waals surface area contributed by atoms with Crippen molar-refractivity contribution in [3.05, 3.63) is 50.8 Å². The van der Waals surface area contributed by atoms with Crippen LogP contribution >= 0.6 is 0 Å². The Morgan fingerprint density at radius 2 is 1.85 bits per heavy atom. The molecule has 0 radical (unpaired) electrons. The third-order valence-corrected chi connectivity index (χ3v) is 2.69. The van der Waals surface area contributed by atoms with Crippen LogP contribution in [0, 0.1) is 0 Å². The average Bonchev–Trinajstić information content (AvgIpc) is 2.45. The summed E-state index contributed by atoms with van der Waals surface area (Å²) in [5, 5.41) is 14.4. The first-order chi connectivity index (χ1) is 9.45. The number of aromatic carboxylic acids is 1. The SMILES string of the molecule is COc1ccc(-n2nc(C(=O)[O-])c(=O)n(C)c2=O)cc1. The molecule has 1 heterocycles. The minimum atomic E-state index is -1.74. The summed E-state index contributed by atoms with van der Waals surface area (Å²) < 4.78 is 6.44. The van der Waals surface area contributed by atoms with Gasteiger partial charge in [0.25, 0.3) is 5.56 Å². The maximum Gasteiger partial charge on any atom is 0.351 e. The van der Waals surface area contributed by atoms with Crippen LogP contribution in [0.4, 0.5) is 0 Å². The molecule has 0 fully saturated rings. The van der Waals surface area contributed by atoms with Gasteiger partial charge in [0.1, 0.15) is 5.75 Å². The van der Waals surface area contributed by atoms with Crippen molar-refractivity contribution < 1.29 is 14.6 Å². The van der Waals surface area contributed by atoms with E-state index in [-0.39, 0.29) is 0 Å². The summed E-state index contributed by atoms with van der Waals surface area (Å²) in [7, 11) is 2.65. The second-order valence-electron chi connectivity index (χ2n) is 3.89. The Kier molecular flexibility index (Phi) is 3.38. The van der Waals surface area contributed by atoms with Crippen molar-refractivity contribution in [2.45, 2.75) is 0 Å². The van der Waals surface area contributed by atoms with E-state index in [4.69, 9.17) is 4.74 Å². The summed E-state index contributed by atoms with van der Waals surface area (Å²) in [4.78, 5) is 34.3. The van der Waals surface area contributed by atoms with E-state index in [2.05, 4.69) is 5.10 Å². The number of carboxylic acid groups (broad SMARTS) is 1. The van der Waals surface area contributed by atoms with Gasteiger partial charge >= 0.3 is 5.69 Å². The fourth-order valence-corrected chi connectivity index (χ4v) is 1.59. The maximum absolute atomic E-state index is 11.9. The Balaban J connectivity index is 2.70. The lowest BCUT2D eigenvalue weighted by Crippen LogP contribution is -2.45. The van der Waals surface area contributed by atoms with Crippen molar-refractivity contribution >= 4 is 5.97 Å². The first-order valence-electron chi connectivity index (χ1n) is 5.52. The second kappa shape index (κ2) is 5.00. The quantitative estimate of drug-likeness (QED) is 0.661. The lowest BCUT2D eigenvalue weighted by Gasteiger charge is -2.10. The van der Waals surface area contributed by atoms with Gasteiger partial charge in [-0.1, -0.05) is 0 Å². The van der Waals surface area contributed by atoms with E-state index in [9.17, 15) is 19.5 Å². The van der Waals surface area contributed by atoms with Crippen LogP contribution in [0.15, 0.2) is 33.9 Å². The molecule has 8 nitrogen and oxygen atoms in total. The van der Waals surface area contributed by atoms with Crippen LogP contribution in [0.2, 0.25) is 0 Å². The van der Waals surface area contributed by atoms with Crippen molar-refractivity contribution in [3.63, 3.8) is 0 Å². The molecule has 0 aliphatic rings. The standard InChI is InChI=1S/C12H11N3O5/c1-14-10(16)9(11(17)18)13-15(12(14)19)7-3-5-8(20-2)6-4-7/h3-6H,1-2H3,(H,17,18)/p-1. The number of rotatable bonds is 3. The summed E-state index contributed by atoms with van der Waals surface area (Å²) in [6.07, 6.45) is 0. The second-order valence-corrected chi connectivity index (χ2v) is 3.89. The van der Waals surface area contributed by atoms with Gasteiger partial charge in [0, 0.05) is 7.05 Å². The highest BCUT2D eigenvalue weighted by atomic mass is 16.5. The molecule has 0 amide bonds. The average molecular weight is 276 g/mol. The van der Waals surface area contributed by atoms with Gasteiger partial charge in [0.05, 0.1) is 18.8 Å². The summed E-state index contributed by atoms with van der Waals surface area (Å²) in [5.74, 6) is -1.18. The molecule has 0 saturated carbocycles. The normalized spacial score (nSPS) is 10.3. The lowest BCUT2D eigenvalue weighted by atomic mass is 10.3. The van der Waals surface area contributed by atoms with E-state index < -0.39 is 22.9 Å². The van der Waals surface area contributed by atoms with Gasteiger partial charge in [-0.15, -0.1) is 0 Å². The zero-order valence-electron chi connectivity index (χ0n) is 10.7. The number of hydrogen-bond acceptors (Lipinski definition) is 6. The van der Waals surface area contributed by atoms with Gasteiger partial charge in [-0.05, 0) is 24.3 Å². The van der Waals surface area contributed by atoms with Crippen LogP contribution < -0.4 is 21.1 Å². The summed E-state index contributed by atoms with van der Waals surface area (Å²) >= 11 is 0. The number of carboxylic acids is 1. The van der Waals surface area contributed by atoms with Crippen molar-refractivity contribution in [3.8, 4) is 11.4 Å². The molecule has 0 N–H and O–H groups in total. The van der Waals surface area contributed by atoms with Gasteiger partial charge in [-0.2, -0.15) is 9.78 Å². The largest absolute Gasteiger partial charge is 0.543 e. The van der Waals surface area contributed by atoms with E-state index in [1.807, 2.05) is 0 Å². The molecule has 2 rings (SSSR count).